The van der Waals surface area contributed by atoms with Crippen molar-refractivity contribution in [1.29, 1.82) is 5.26 Å². The predicted octanol–water partition coefficient (Wildman–Crippen LogP) is 4.69. The van der Waals surface area contributed by atoms with E-state index in [1.54, 1.807) is 25.1 Å². The number of nitriles is 1. The molecule has 7 nitrogen and oxygen atoms in total. The summed E-state index contributed by atoms with van der Waals surface area (Å²) < 4.78 is 11.2. The van der Waals surface area contributed by atoms with E-state index in [1.165, 1.54) is 6.20 Å². The van der Waals surface area contributed by atoms with Crippen molar-refractivity contribution in [3.05, 3.63) is 64.5 Å². The average molecular weight is 437 g/mol. The number of amides is 1. The van der Waals surface area contributed by atoms with Crippen molar-refractivity contribution < 1.29 is 14.1 Å². The van der Waals surface area contributed by atoms with Gasteiger partial charge in [-0.1, -0.05) is 35.0 Å². The Morgan fingerprint density at radius 3 is 2.68 bits per heavy atom. The number of carbonyl (C=O) groups is 1. The van der Waals surface area contributed by atoms with Gasteiger partial charge in [0.25, 0.3) is 5.91 Å². The van der Waals surface area contributed by atoms with Crippen molar-refractivity contribution in [2.24, 2.45) is 0 Å². The Balaban J connectivity index is 1.37. The summed E-state index contributed by atoms with van der Waals surface area (Å²) in [5.74, 6) is 0.749. The lowest BCUT2D eigenvalue weighted by atomic mass is 9.92. The Morgan fingerprint density at radius 1 is 1.23 bits per heavy atom. The summed E-state index contributed by atoms with van der Waals surface area (Å²) in [7, 11) is 0. The van der Waals surface area contributed by atoms with E-state index in [0.717, 1.165) is 25.7 Å². The van der Waals surface area contributed by atoms with Gasteiger partial charge in [0, 0.05) is 23.9 Å². The van der Waals surface area contributed by atoms with Gasteiger partial charge in [-0.25, -0.2) is 4.98 Å². The third-order valence-corrected chi connectivity index (χ3v) is 5.71. The highest BCUT2D eigenvalue weighted by Crippen LogP contribution is 2.31. The van der Waals surface area contributed by atoms with Crippen LogP contribution in [0.1, 0.15) is 47.4 Å². The van der Waals surface area contributed by atoms with E-state index in [1.807, 2.05) is 24.3 Å². The number of pyridine rings is 1. The molecular formula is C23H21ClN4O3. The number of nitrogens with zero attached hydrogens (tertiary/aromatic N) is 3. The number of aryl methyl sites for hydroxylation is 1. The Labute approximate surface area is 185 Å². The monoisotopic (exact) mass is 436 g/mol. The topological polar surface area (TPSA) is 101 Å². The van der Waals surface area contributed by atoms with E-state index >= 15 is 0 Å². The van der Waals surface area contributed by atoms with Gasteiger partial charge in [0.05, 0.1) is 10.6 Å². The molecule has 1 aliphatic carbocycles. The smallest absolute Gasteiger partial charge is 0.257 e. The Bertz CT molecular complexity index is 1110. The summed E-state index contributed by atoms with van der Waals surface area (Å²) in [6, 6.07) is 12.7. The molecule has 4 rings (SSSR count). The van der Waals surface area contributed by atoms with E-state index in [0.29, 0.717) is 39.0 Å². The van der Waals surface area contributed by atoms with Crippen LogP contribution >= 0.6 is 11.6 Å². The maximum Gasteiger partial charge on any atom is 0.257 e. The lowest BCUT2D eigenvalue weighted by Gasteiger charge is -2.29. The Kier molecular flexibility index (Phi) is 6.19. The second kappa shape index (κ2) is 9.19. The summed E-state index contributed by atoms with van der Waals surface area (Å²) in [5.41, 5.74) is 2.02. The summed E-state index contributed by atoms with van der Waals surface area (Å²) in [6.45, 7) is 1.72. The molecule has 0 bridgehead atoms. The first-order valence-corrected chi connectivity index (χ1v) is 10.5. The van der Waals surface area contributed by atoms with Gasteiger partial charge in [-0.2, -0.15) is 5.26 Å². The van der Waals surface area contributed by atoms with Crippen LogP contribution in [0, 0.1) is 18.3 Å². The molecular weight excluding hydrogens is 416 g/mol. The van der Waals surface area contributed by atoms with Crippen molar-refractivity contribution in [1.82, 2.24) is 15.5 Å². The van der Waals surface area contributed by atoms with Crippen LogP contribution in [-0.2, 0) is 0 Å². The molecule has 0 radical (unpaired) electrons. The molecule has 1 aromatic carbocycles. The van der Waals surface area contributed by atoms with Gasteiger partial charge in [-0.05, 0) is 44.7 Å². The number of rotatable bonds is 5. The molecule has 0 unspecified atom stereocenters. The van der Waals surface area contributed by atoms with Crippen molar-refractivity contribution in [2.45, 2.75) is 44.8 Å². The van der Waals surface area contributed by atoms with Gasteiger partial charge in [0.15, 0.2) is 0 Å². The predicted molar refractivity (Wildman–Crippen MR) is 115 cm³/mol. The first kappa shape index (κ1) is 20.9. The number of aromatic nitrogens is 2. The molecule has 1 aliphatic rings. The van der Waals surface area contributed by atoms with Crippen LogP contribution in [-0.4, -0.2) is 28.2 Å². The maximum absolute atomic E-state index is 13.0. The van der Waals surface area contributed by atoms with Gasteiger partial charge < -0.3 is 14.6 Å². The number of benzene rings is 1. The fourth-order valence-corrected chi connectivity index (χ4v) is 3.97. The minimum Gasteiger partial charge on any atom is -0.474 e. The molecule has 0 aliphatic heterocycles. The van der Waals surface area contributed by atoms with Crippen molar-refractivity contribution in [2.75, 3.05) is 0 Å². The summed E-state index contributed by atoms with van der Waals surface area (Å²) in [6.07, 6.45) is 4.71. The normalized spacial score (nSPS) is 18.2. The average Bonchev–Trinajstić information content (AvgIpc) is 3.17. The maximum atomic E-state index is 13.0. The molecule has 0 spiro atoms. The molecule has 158 valence electrons. The summed E-state index contributed by atoms with van der Waals surface area (Å²) >= 11 is 6.29. The van der Waals surface area contributed by atoms with Crippen LogP contribution in [0.3, 0.4) is 0 Å². The molecule has 2 aromatic heterocycles. The van der Waals surface area contributed by atoms with Crippen LogP contribution in [0.5, 0.6) is 5.88 Å². The number of ether oxygens (including phenoxy) is 1. The highest BCUT2D eigenvalue weighted by atomic mass is 35.5. The number of nitrogens with one attached hydrogen (secondary N) is 1. The Hall–Kier alpha value is -3.37. The molecule has 3 aromatic rings. The second-order valence-electron chi connectivity index (χ2n) is 7.50. The number of halogens is 1. The van der Waals surface area contributed by atoms with E-state index in [-0.39, 0.29) is 18.1 Å². The van der Waals surface area contributed by atoms with Crippen LogP contribution in [0.15, 0.2) is 47.1 Å². The van der Waals surface area contributed by atoms with E-state index in [9.17, 15) is 4.79 Å². The van der Waals surface area contributed by atoms with Crippen LogP contribution < -0.4 is 10.1 Å². The second-order valence-corrected chi connectivity index (χ2v) is 7.91. The van der Waals surface area contributed by atoms with Crippen LogP contribution in [0.25, 0.3) is 11.3 Å². The highest BCUT2D eigenvalue weighted by molar-refractivity contribution is 6.33. The molecule has 1 fully saturated rings. The molecule has 0 saturated heterocycles. The third kappa shape index (κ3) is 4.70. The van der Waals surface area contributed by atoms with Gasteiger partial charge in [-0.3, -0.25) is 4.79 Å². The van der Waals surface area contributed by atoms with E-state index in [4.69, 9.17) is 26.1 Å². The quantitative estimate of drug-likeness (QED) is 0.622. The first-order chi connectivity index (χ1) is 15.0. The van der Waals surface area contributed by atoms with Crippen LogP contribution in [0.4, 0.5) is 0 Å². The minimum atomic E-state index is -0.216. The van der Waals surface area contributed by atoms with E-state index in [2.05, 4.69) is 15.5 Å². The zero-order valence-electron chi connectivity index (χ0n) is 17.0. The Morgan fingerprint density at radius 2 is 2.00 bits per heavy atom. The standard InChI is InChI=1S/C23H21ClN4O3/c1-14-21(22(28-31-14)18-4-2-3-5-19(18)24)23(29)27-16-7-9-17(10-8-16)30-20-11-6-15(12-25)13-26-20/h2-6,11,13,16-17H,7-10H2,1H3,(H,27,29). The molecule has 8 heteroatoms. The molecule has 1 N–H and O–H groups in total. The minimum absolute atomic E-state index is 0.0320. The van der Waals surface area contributed by atoms with Crippen LogP contribution in [0.2, 0.25) is 5.02 Å². The molecule has 31 heavy (non-hydrogen) atoms. The van der Waals surface area contributed by atoms with Crippen molar-refractivity contribution >= 4 is 17.5 Å². The highest BCUT2D eigenvalue weighted by Gasteiger charge is 2.28. The SMILES string of the molecule is Cc1onc(-c2ccccc2Cl)c1C(=O)NC1CCC(Oc2ccc(C#N)cn2)CC1. The molecule has 0 atom stereocenters. The van der Waals surface area contributed by atoms with Gasteiger partial charge in [0.1, 0.15) is 29.2 Å². The van der Waals surface area contributed by atoms with Crippen molar-refractivity contribution in [3.63, 3.8) is 0 Å². The zero-order valence-corrected chi connectivity index (χ0v) is 17.7. The molecule has 2 heterocycles. The molecule has 1 saturated carbocycles. The van der Waals surface area contributed by atoms with Gasteiger partial charge in [-0.15, -0.1) is 0 Å². The largest absolute Gasteiger partial charge is 0.474 e. The fourth-order valence-electron chi connectivity index (χ4n) is 3.75. The zero-order chi connectivity index (χ0) is 21.8. The lowest BCUT2D eigenvalue weighted by molar-refractivity contribution is 0.0889. The number of carbonyl (C=O) groups excluding carboxylic acids is 1. The first-order valence-electron chi connectivity index (χ1n) is 10.1. The number of hydrogen-bond acceptors (Lipinski definition) is 6. The van der Waals surface area contributed by atoms with Crippen molar-refractivity contribution in [3.8, 4) is 23.2 Å². The van der Waals surface area contributed by atoms with Gasteiger partial charge >= 0.3 is 0 Å². The summed E-state index contributed by atoms with van der Waals surface area (Å²) in [5, 5.41) is 16.5. The summed E-state index contributed by atoms with van der Waals surface area (Å²) in [4.78, 5) is 17.2. The lowest BCUT2D eigenvalue weighted by Crippen LogP contribution is -2.40. The third-order valence-electron chi connectivity index (χ3n) is 5.38. The van der Waals surface area contributed by atoms with Gasteiger partial charge in [0.2, 0.25) is 5.88 Å². The fraction of sp³-hybridized carbons (Fsp3) is 0.304. The number of hydrogen-bond donors (Lipinski definition) is 1. The van der Waals surface area contributed by atoms with E-state index < -0.39 is 0 Å². The molecule has 1 amide bonds.